The molecule has 4 aromatic rings. The molecule has 0 spiro atoms. The maximum Gasteiger partial charge on any atom is 0.272 e. The molecule has 0 aliphatic carbocycles. The van der Waals surface area contributed by atoms with Crippen LogP contribution < -0.4 is 10.0 Å². The van der Waals surface area contributed by atoms with Crippen LogP contribution in [-0.2, 0) is 23.0 Å². The molecule has 0 unspecified atom stereocenters. The smallest absolute Gasteiger partial charge is 0.272 e. The van der Waals surface area contributed by atoms with E-state index in [0.29, 0.717) is 17.9 Å². The van der Waals surface area contributed by atoms with E-state index in [9.17, 15) is 13.2 Å². The third-order valence-electron chi connectivity index (χ3n) is 5.53. The van der Waals surface area contributed by atoms with Crippen molar-refractivity contribution in [2.45, 2.75) is 38.6 Å². The zero-order valence-electron chi connectivity index (χ0n) is 18.7. The van der Waals surface area contributed by atoms with Crippen LogP contribution in [0.25, 0.3) is 10.9 Å². The van der Waals surface area contributed by atoms with Crippen LogP contribution in [0.5, 0.6) is 0 Å². The van der Waals surface area contributed by atoms with Crippen molar-refractivity contribution < 1.29 is 13.2 Å². The van der Waals surface area contributed by atoms with Crippen LogP contribution in [0.3, 0.4) is 0 Å². The van der Waals surface area contributed by atoms with Gasteiger partial charge in [-0.1, -0.05) is 13.0 Å². The summed E-state index contributed by atoms with van der Waals surface area (Å²) in [5.41, 5.74) is 4.26. The normalized spacial score (nSPS) is 11.5. The molecule has 0 radical (unpaired) electrons. The second-order valence-corrected chi connectivity index (χ2v) is 9.26. The SMILES string of the molecule is CCc1ccc2c(c1)c(C)c(C(=O)Nc1ccc(S(=O)(=O)Nc3ncccn3)cc1)n2CC. The van der Waals surface area contributed by atoms with Crippen LogP contribution in [0.4, 0.5) is 11.6 Å². The van der Waals surface area contributed by atoms with E-state index in [-0.39, 0.29) is 16.8 Å². The lowest BCUT2D eigenvalue weighted by Crippen LogP contribution is -2.18. The van der Waals surface area contributed by atoms with Gasteiger partial charge in [0.05, 0.1) is 4.90 Å². The second kappa shape index (κ2) is 9.03. The summed E-state index contributed by atoms with van der Waals surface area (Å²) in [6, 6.07) is 13.8. The highest BCUT2D eigenvalue weighted by Crippen LogP contribution is 2.28. The van der Waals surface area contributed by atoms with Gasteiger partial charge in [0.15, 0.2) is 0 Å². The number of aryl methyl sites for hydroxylation is 3. The maximum atomic E-state index is 13.2. The Kier molecular flexibility index (Phi) is 6.15. The average Bonchev–Trinajstić information content (AvgIpc) is 3.10. The third-order valence-corrected chi connectivity index (χ3v) is 6.88. The fourth-order valence-electron chi connectivity index (χ4n) is 3.85. The Balaban J connectivity index is 1.58. The largest absolute Gasteiger partial charge is 0.337 e. The molecule has 0 saturated heterocycles. The molecule has 0 aliphatic heterocycles. The van der Waals surface area contributed by atoms with E-state index in [4.69, 9.17) is 0 Å². The van der Waals surface area contributed by atoms with Crippen molar-refractivity contribution in [3.8, 4) is 0 Å². The molecule has 1 amide bonds. The molecule has 2 aromatic carbocycles. The highest BCUT2D eigenvalue weighted by Gasteiger charge is 2.21. The van der Waals surface area contributed by atoms with Gasteiger partial charge in [-0.15, -0.1) is 0 Å². The fourth-order valence-corrected chi connectivity index (χ4v) is 4.81. The van der Waals surface area contributed by atoms with E-state index in [1.165, 1.54) is 30.1 Å². The van der Waals surface area contributed by atoms with Gasteiger partial charge < -0.3 is 9.88 Å². The summed E-state index contributed by atoms with van der Waals surface area (Å²) in [4.78, 5) is 21.0. The number of carbonyl (C=O) groups is 1. The first-order valence-corrected chi connectivity index (χ1v) is 12.1. The predicted octanol–water partition coefficient (Wildman–Crippen LogP) is 4.38. The van der Waals surface area contributed by atoms with E-state index in [0.717, 1.165) is 22.9 Å². The van der Waals surface area contributed by atoms with Crippen molar-refractivity contribution in [2.24, 2.45) is 0 Å². The molecule has 2 N–H and O–H groups in total. The van der Waals surface area contributed by atoms with Gasteiger partial charge in [0.1, 0.15) is 5.69 Å². The fraction of sp³-hybridized carbons (Fsp3) is 0.208. The van der Waals surface area contributed by atoms with Crippen LogP contribution in [0, 0.1) is 6.92 Å². The quantitative estimate of drug-likeness (QED) is 0.423. The zero-order chi connectivity index (χ0) is 23.6. The highest BCUT2D eigenvalue weighted by atomic mass is 32.2. The van der Waals surface area contributed by atoms with Crippen molar-refractivity contribution in [1.82, 2.24) is 14.5 Å². The van der Waals surface area contributed by atoms with Crippen LogP contribution >= 0.6 is 0 Å². The van der Waals surface area contributed by atoms with Gasteiger partial charge in [-0.25, -0.2) is 23.1 Å². The number of sulfonamides is 1. The Bertz CT molecular complexity index is 1410. The van der Waals surface area contributed by atoms with Gasteiger partial charge in [0.25, 0.3) is 15.9 Å². The van der Waals surface area contributed by atoms with E-state index >= 15 is 0 Å². The van der Waals surface area contributed by atoms with Gasteiger partial charge in [-0.3, -0.25) is 4.79 Å². The average molecular weight is 464 g/mol. The van der Waals surface area contributed by atoms with Crippen LogP contribution in [0.2, 0.25) is 0 Å². The molecule has 8 nitrogen and oxygen atoms in total. The molecule has 4 rings (SSSR count). The topological polar surface area (TPSA) is 106 Å². The van der Waals surface area contributed by atoms with Gasteiger partial charge >= 0.3 is 0 Å². The lowest BCUT2D eigenvalue weighted by atomic mass is 10.1. The van der Waals surface area contributed by atoms with Crippen molar-refractivity contribution in [1.29, 1.82) is 0 Å². The monoisotopic (exact) mass is 463 g/mol. The molecule has 0 bridgehead atoms. The number of hydrogen-bond donors (Lipinski definition) is 2. The lowest BCUT2D eigenvalue weighted by molar-refractivity contribution is 0.101. The molecule has 2 heterocycles. The second-order valence-electron chi connectivity index (χ2n) is 7.58. The first kappa shape index (κ1) is 22.5. The summed E-state index contributed by atoms with van der Waals surface area (Å²) in [7, 11) is -3.84. The molecule has 170 valence electrons. The van der Waals surface area contributed by atoms with Crippen LogP contribution in [0.1, 0.15) is 35.5 Å². The summed E-state index contributed by atoms with van der Waals surface area (Å²) in [6.45, 7) is 6.72. The number of carbonyl (C=O) groups excluding carboxylic acids is 1. The summed E-state index contributed by atoms with van der Waals surface area (Å²) in [5, 5.41) is 3.96. The van der Waals surface area contributed by atoms with Crippen molar-refractivity contribution in [3.63, 3.8) is 0 Å². The number of amides is 1. The van der Waals surface area contributed by atoms with Gasteiger partial charge in [-0.05, 0) is 73.9 Å². The summed E-state index contributed by atoms with van der Waals surface area (Å²) >= 11 is 0. The number of rotatable bonds is 7. The molecule has 9 heteroatoms. The number of hydrogen-bond acceptors (Lipinski definition) is 5. The van der Waals surface area contributed by atoms with E-state index < -0.39 is 10.0 Å². The third kappa shape index (κ3) is 4.45. The standard InChI is InChI=1S/C24H25N5O3S/c1-4-17-7-12-21-20(15-17)16(3)22(29(21)5-2)23(30)27-18-8-10-19(11-9-18)33(31,32)28-24-25-13-6-14-26-24/h6-15H,4-5H2,1-3H3,(H,27,30)(H,25,26,28). The molecule has 2 aromatic heterocycles. The summed E-state index contributed by atoms with van der Waals surface area (Å²) < 4.78 is 29.4. The minimum atomic E-state index is -3.84. The van der Waals surface area contributed by atoms with E-state index in [1.807, 2.05) is 18.4 Å². The number of nitrogens with zero attached hydrogens (tertiary/aromatic N) is 3. The lowest BCUT2D eigenvalue weighted by Gasteiger charge is -2.11. The van der Waals surface area contributed by atoms with Gasteiger partial charge in [0.2, 0.25) is 5.95 Å². The Morgan fingerprint density at radius 1 is 1.03 bits per heavy atom. The van der Waals surface area contributed by atoms with Gasteiger partial charge in [-0.2, -0.15) is 0 Å². The molecule has 0 aliphatic rings. The number of benzene rings is 2. The Labute approximate surface area is 192 Å². The van der Waals surface area contributed by atoms with Crippen molar-refractivity contribution >= 4 is 38.5 Å². The Hall–Kier alpha value is -3.72. The predicted molar refractivity (Wildman–Crippen MR) is 129 cm³/mol. The molecular formula is C24H25N5O3S. The number of anilines is 2. The molecule has 33 heavy (non-hydrogen) atoms. The highest BCUT2D eigenvalue weighted by molar-refractivity contribution is 7.92. The first-order chi connectivity index (χ1) is 15.8. The van der Waals surface area contributed by atoms with Crippen molar-refractivity contribution in [2.75, 3.05) is 10.0 Å². The number of aromatic nitrogens is 3. The first-order valence-electron chi connectivity index (χ1n) is 10.7. The number of nitrogens with one attached hydrogen (secondary N) is 2. The molecule has 0 atom stereocenters. The minimum Gasteiger partial charge on any atom is -0.337 e. The maximum absolute atomic E-state index is 13.2. The van der Waals surface area contributed by atoms with Crippen LogP contribution in [0.15, 0.2) is 65.8 Å². The Morgan fingerprint density at radius 2 is 1.73 bits per heavy atom. The zero-order valence-corrected chi connectivity index (χ0v) is 19.5. The molecule has 0 fully saturated rings. The summed E-state index contributed by atoms with van der Waals surface area (Å²) in [5.74, 6) is -0.251. The van der Waals surface area contributed by atoms with Crippen molar-refractivity contribution in [3.05, 3.63) is 77.7 Å². The van der Waals surface area contributed by atoms with Gasteiger partial charge in [0, 0.05) is 35.5 Å². The molecule has 0 saturated carbocycles. The van der Waals surface area contributed by atoms with E-state index in [2.05, 4.69) is 45.1 Å². The minimum absolute atomic E-state index is 0.0102. The molecular weight excluding hydrogens is 438 g/mol. The Morgan fingerprint density at radius 3 is 2.36 bits per heavy atom. The number of fused-ring (bicyclic) bond motifs is 1. The van der Waals surface area contributed by atoms with Crippen LogP contribution in [-0.4, -0.2) is 28.9 Å². The summed E-state index contributed by atoms with van der Waals surface area (Å²) in [6.07, 6.45) is 3.82. The van der Waals surface area contributed by atoms with E-state index in [1.54, 1.807) is 18.2 Å².